The second-order valence-corrected chi connectivity index (χ2v) is 6.74. The van der Waals surface area contributed by atoms with E-state index in [1.165, 1.54) is 16.9 Å². The van der Waals surface area contributed by atoms with Gasteiger partial charge in [0.1, 0.15) is 0 Å². The Morgan fingerprint density at radius 1 is 1.14 bits per heavy atom. The zero-order valence-electron chi connectivity index (χ0n) is 12.8. The van der Waals surface area contributed by atoms with Crippen LogP contribution < -0.4 is 5.73 Å². The summed E-state index contributed by atoms with van der Waals surface area (Å²) in [6.07, 6.45) is 7.17. The number of aromatic nitrogens is 3. The molecule has 1 aliphatic heterocycles. The molecule has 1 aliphatic rings. The monoisotopic (exact) mass is 342 g/mol. The number of rotatable bonds is 4. The number of nitrogens with two attached hydrogens (primary N) is 1. The first-order valence-electron chi connectivity index (χ1n) is 7.31. The largest absolute Gasteiger partial charge is 0.375 e. The van der Waals surface area contributed by atoms with E-state index in [-0.39, 0.29) is 12.4 Å². The third-order valence-electron chi connectivity index (χ3n) is 3.80. The minimum Gasteiger partial charge on any atom is -0.375 e. The van der Waals surface area contributed by atoms with Crippen LogP contribution in [0.5, 0.6) is 0 Å². The molecule has 1 fully saturated rings. The van der Waals surface area contributed by atoms with Gasteiger partial charge in [-0.05, 0) is 19.5 Å². The normalized spacial score (nSPS) is 17.1. The van der Waals surface area contributed by atoms with Gasteiger partial charge in [0.25, 0.3) is 0 Å². The van der Waals surface area contributed by atoms with Crippen LogP contribution in [0.1, 0.15) is 16.9 Å². The van der Waals surface area contributed by atoms with Crippen molar-refractivity contribution in [1.29, 1.82) is 0 Å². The van der Waals surface area contributed by atoms with Gasteiger partial charge < -0.3 is 5.73 Å². The Morgan fingerprint density at radius 3 is 2.45 bits per heavy atom. The van der Waals surface area contributed by atoms with Gasteiger partial charge in [0, 0.05) is 56.1 Å². The van der Waals surface area contributed by atoms with E-state index >= 15 is 0 Å². The molecule has 2 aromatic heterocycles. The van der Waals surface area contributed by atoms with E-state index in [0.717, 1.165) is 39.3 Å². The zero-order chi connectivity index (χ0) is 14.7. The molecule has 122 valence electrons. The SMILES string of the molecule is Cl.Cn1cc(CN2CCCN(Cc3cnc(N)s3)CC2)cn1. The van der Waals surface area contributed by atoms with Crippen LogP contribution in [0.15, 0.2) is 18.6 Å². The van der Waals surface area contributed by atoms with Gasteiger partial charge in [-0.15, -0.1) is 23.7 Å². The second-order valence-electron chi connectivity index (χ2n) is 5.59. The van der Waals surface area contributed by atoms with Crippen molar-refractivity contribution in [2.45, 2.75) is 19.5 Å². The van der Waals surface area contributed by atoms with Gasteiger partial charge >= 0.3 is 0 Å². The van der Waals surface area contributed by atoms with Gasteiger partial charge in [-0.1, -0.05) is 0 Å². The molecule has 0 spiro atoms. The quantitative estimate of drug-likeness (QED) is 0.914. The Hall–Kier alpha value is -1.15. The van der Waals surface area contributed by atoms with Crippen molar-refractivity contribution in [3.05, 3.63) is 29.0 Å². The highest BCUT2D eigenvalue weighted by atomic mass is 35.5. The number of thiazole rings is 1. The molecule has 6 nitrogen and oxygen atoms in total. The number of hydrogen-bond acceptors (Lipinski definition) is 6. The van der Waals surface area contributed by atoms with Crippen LogP contribution in [-0.4, -0.2) is 50.7 Å². The number of hydrogen-bond donors (Lipinski definition) is 1. The third kappa shape index (κ3) is 4.67. The van der Waals surface area contributed by atoms with E-state index < -0.39 is 0 Å². The molecule has 0 bridgehead atoms. The predicted octanol–water partition coefficient (Wildman–Crippen LogP) is 1.59. The van der Waals surface area contributed by atoms with E-state index in [9.17, 15) is 0 Å². The minimum absolute atomic E-state index is 0. The van der Waals surface area contributed by atoms with Crippen molar-refractivity contribution in [2.24, 2.45) is 7.05 Å². The number of anilines is 1. The number of nitrogens with zero attached hydrogens (tertiary/aromatic N) is 5. The number of nitrogen functional groups attached to an aromatic ring is 1. The van der Waals surface area contributed by atoms with Gasteiger partial charge in [0.15, 0.2) is 5.13 Å². The predicted molar refractivity (Wildman–Crippen MR) is 92.2 cm³/mol. The van der Waals surface area contributed by atoms with Gasteiger partial charge in [0.2, 0.25) is 0 Å². The maximum atomic E-state index is 5.70. The summed E-state index contributed by atoms with van der Waals surface area (Å²) >= 11 is 1.59. The summed E-state index contributed by atoms with van der Waals surface area (Å²) < 4.78 is 1.87. The van der Waals surface area contributed by atoms with Gasteiger partial charge in [-0.25, -0.2) is 4.98 Å². The van der Waals surface area contributed by atoms with Crippen LogP contribution in [0.2, 0.25) is 0 Å². The third-order valence-corrected chi connectivity index (χ3v) is 4.61. The van der Waals surface area contributed by atoms with Crippen LogP contribution in [0.4, 0.5) is 5.13 Å². The lowest BCUT2D eigenvalue weighted by Gasteiger charge is -2.20. The highest BCUT2D eigenvalue weighted by Crippen LogP contribution is 2.18. The molecule has 2 aromatic rings. The Kier molecular flexibility index (Phi) is 6.19. The van der Waals surface area contributed by atoms with Crippen molar-refractivity contribution in [2.75, 3.05) is 31.9 Å². The Balaban J connectivity index is 0.00000176. The molecular formula is C14H23ClN6S. The van der Waals surface area contributed by atoms with Gasteiger partial charge in [0.05, 0.1) is 6.20 Å². The van der Waals surface area contributed by atoms with E-state index in [4.69, 9.17) is 5.73 Å². The summed E-state index contributed by atoms with van der Waals surface area (Å²) in [5, 5.41) is 4.91. The molecule has 0 atom stereocenters. The van der Waals surface area contributed by atoms with Crippen molar-refractivity contribution >= 4 is 28.9 Å². The summed E-state index contributed by atoms with van der Waals surface area (Å²) in [7, 11) is 1.97. The van der Waals surface area contributed by atoms with E-state index in [1.54, 1.807) is 11.3 Å². The molecule has 2 N–H and O–H groups in total. The molecule has 3 heterocycles. The first-order valence-corrected chi connectivity index (χ1v) is 8.13. The molecule has 0 amide bonds. The molecule has 0 unspecified atom stereocenters. The maximum Gasteiger partial charge on any atom is 0.180 e. The number of aryl methyl sites for hydroxylation is 1. The molecule has 1 saturated heterocycles. The highest BCUT2D eigenvalue weighted by molar-refractivity contribution is 7.15. The van der Waals surface area contributed by atoms with Crippen LogP contribution in [-0.2, 0) is 20.1 Å². The molecule has 8 heteroatoms. The molecule has 3 rings (SSSR count). The van der Waals surface area contributed by atoms with Gasteiger partial charge in [-0.2, -0.15) is 5.10 Å². The Labute approximate surface area is 141 Å². The standard InChI is InChI=1S/C14H22N6S.ClH/c1-18-9-12(7-17-18)10-19-3-2-4-20(6-5-19)11-13-8-16-14(15)21-13;/h7-9H,2-6,10-11H2,1H3,(H2,15,16);1H. The molecule has 0 aliphatic carbocycles. The molecule has 0 saturated carbocycles. The van der Waals surface area contributed by atoms with E-state index in [1.807, 2.05) is 24.1 Å². The van der Waals surface area contributed by atoms with E-state index in [0.29, 0.717) is 5.13 Å². The summed E-state index contributed by atoms with van der Waals surface area (Å²) in [4.78, 5) is 10.4. The van der Waals surface area contributed by atoms with E-state index in [2.05, 4.69) is 26.1 Å². The van der Waals surface area contributed by atoms with Crippen molar-refractivity contribution in [3.8, 4) is 0 Å². The summed E-state index contributed by atoms with van der Waals surface area (Å²) in [6.45, 7) is 6.45. The van der Waals surface area contributed by atoms with Gasteiger partial charge in [-0.3, -0.25) is 14.5 Å². The average Bonchev–Trinajstić information content (AvgIpc) is 2.96. The lowest BCUT2D eigenvalue weighted by atomic mass is 10.3. The van der Waals surface area contributed by atoms with Crippen LogP contribution in [0.3, 0.4) is 0 Å². The molecule has 0 radical (unpaired) electrons. The first kappa shape index (κ1) is 17.2. The summed E-state index contributed by atoms with van der Waals surface area (Å²) in [6, 6.07) is 0. The number of halogens is 1. The second kappa shape index (κ2) is 7.92. The molecule has 0 aromatic carbocycles. The molecule has 22 heavy (non-hydrogen) atoms. The highest BCUT2D eigenvalue weighted by Gasteiger charge is 2.16. The fourth-order valence-corrected chi connectivity index (χ4v) is 3.50. The van der Waals surface area contributed by atoms with Crippen molar-refractivity contribution in [1.82, 2.24) is 24.6 Å². The lowest BCUT2D eigenvalue weighted by Crippen LogP contribution is -2.30. The van der Waals surface area contributed by atoms with Crippen LogP contribution in [0, 0.1) is 0 Å². The van der Waals surface area contributed by atoms with Crippen molar-refractivity contribution in [3.63, 3.8) is 0 Å². The Bertz CT molecular complexity index is 533. The fourth-order valence-electron chi connectivity index (χ4n) is 2.77. The lowest BCUT2D eigenvalue weighted by molar-refractivity contribution is 0.248. The van der Waals surface area contributed by atoms with Crippen LogP contribution in [0.25, 0.3) is 0 Å². The molecular weight excluding hydrogens is 320 g/mol. The first-order chi connectivity index (χ1) is 10.2. The van der Waals surface area contributed by atoms with Crippen molar-refractivity contribution < 1.29 is 0 Å². The fraction of sp³-hybridized carbons (Fsp3) is 0.571. The smallest absolute Gasteiger partial charge is 0.180 e. The van der Waals surface area contributed by atoms with Crippen LogP contribution >= 0.6 is 23.7 Å². The summed E-state index contributed by atoms with van der Waals surface area (Å²) in [5.41, 5.74) is 6.99. The topological polar surface area (TPSA) is 63.2 Å². The summed E-state index contributed by atoms with van der Waals surface area (Å²) in [5.74, 6) is 0. The Morgan fingerprint density at radius 2 is 1.86 bits per heavy atom. The maximum absolute atomic E-state index is 5.70. The minimum atomic E-state index is 0. The zero-order valence-corrected chi connectivity index (χ0v) is 14.4. The average molecular weight is 343 g/mol.